The monoisotopic (exact) mass is 861 g/mol. The van der Waals surface area contributed by atoms with Crippen LogP contribution in [0.5, 0.6) is 0 Å². The van der Waals surface area contributed by atoms with Crippen molar-refractivity contribution in [1.82, 2.24) is 10.6 Å². The Morgan fingerprint density at radius 1 is 0.508 bits per heavy atom. The SMILES string of the molecule is CCCCCC/C=C\C/C=C\C(CCCCCCCCC(=O)NCC(=O)NC(CO)C(=O)O)OC(=O)CCCCCCCCCCCCCCCCCCCCCCCCC. The van der Waals surface area contributed by atoms with Crippen molar-refractivity contribution in [2.24, 2.45) is 0 Å². The van der Waals surface area contributed by atoms with Crippen LogP contribution in [0.15, 0.2) is 24.3 Å². The summed E-state index contributed by atoms with van der Waals surface area (Å²) in [4.78, 5) is 47.6. The summed E-state index contributed by atoms with van der Waals surface area (Å²) in [6.45, 7) is 3.49. The maximum atomic E-state index is 12.8. The molecule has 0 rings (SSSR count). The Hall–Kier alpha value is -2.68. The molecule has 0 aliphatic carbocycles. The van der Waals surface area contributed by atoms with Gasteiger partial charge >= 0.3 is 11.9 Å². The van der Waals surface area contributed by atoms with E-state index in [0.29, 0.717) is 19.3 Å². The zero-order chi connectivity index (χ0) is 44.7. The van der Waals surface area contributed by atoms with Crippen molar-refractivity contribution in [3.05, 3.63) is 24.3 Å². The molecule has 0 radical (unpaired) electrons. The summed E-state index contributed by atoms with van der Waals surface area (Å²) in [6.07, 6.45) is 54.0. The van der Waals surface area contributed by atoms with Gasteiger partial charge in [0.05, 0.1) is 13.2 Å². The molecule has 0 aliphatic heterocycles. The minimum atomic E-state index is -1.38. The maximum absolute atomic E-state index is 12.8. The van der Waals surface area contributed by atoms with Crippen molar-refractivity contribution in [1.29, 1.82) is 0 Å². The second kappa shape index (κ2) is 46.8. The molecule has 61 heavy (non-hydrogen) atoms. The summed E-state index contributed by atoms with van der Waals surface area (Å²) in [5, 5.41) is 22.6. The maximum Gasteiger partial charge on any atom is 0.328 e. The fourth-order valence-electron chi connectivity index (χ4n) is 7.73. The molecule has 2 atom stereocenters. The summed E-state index contributed by atoms with van der Waals surface area (Å²) >= 11 is 0. The predicted octanol–water partition coefficient (Wildman–Crippen LogP) is 13.6. The molecular weight excluding hydrogens is 765 g/mol. The van der Waals surface area contributed by atoms with Crippen molar-refractivity contribution < 1.29 is 34.1 Å². The fourth-order valence-corrected chi connectivity index (χ4v) is 7.73. The van der Waals surface area contributed by atoms with Gasteiger partial charge < -0.3 is 25.6 Å². The molecule has 2 unspecified atom stereocenters. The van der Waals surface area contributed by atoms with Gasteiger partial charge in [-0.2, -0.15) is 0 Å². The number of carboxylic acid groups (broad SMARTS) is 1. The molecule has 0 saturated carbocycles. The van der Waals surface area contributed by atoms with Gasteiger partial charge in [-0.15, -0.1) is 0 Å². The first-order valence-corrected chi connectivity index (χ1v) is 25.7. The van der Waals surface area contributed by atoms with Crippen LogP contribution in [-0.4, -0.2) is 59.3 Å². The van der Waals surface area contributed by atoms with Gasteiger partial charge in [0.15, 0.2) is 0 Å². The molecule has 356 valence electrons. The van der Waals surface area contributed by atoms with Gasteiger partial charge in [0.2, 0.25) is 11.8 Å². The Balaban J connectivity index is 4.10. The van der Waals surface area contributed by atoms with Gasteiger partial charge in [0, 0.05) is 12.8 Å². The second-order valence-corrected chi connectivity index (χ2v) is 17.6. The summed E-state index contributed by atoms with van der Waals surface area (Å²) in [7, 11) is 0. The van der Waals surface area contributed by atoms with Gasteiger partial charge in [-0.25, -0.2) is 4.79 Å². The van der Waals surface area contributed by atoms with Crippen molar-refractivity contribution in [2.45, 2.75) is 270 Å². The number of aliphatic carboxylic acids is 1. The highest BCUT2D eigenvalue weighted by Gasteiger charge is 2.18. The van der Waals surface area contributed by atoms with Crippen LogP contribution >= 0.6 is 0 Å². The Labute approximate surface area is 374 Å². The molecule has 0 heterocycles. The standard InChI is InChI=1S/C52H96N2O7/c1-3-5-7-9-11-13-14-15-16-17-18-19-20-21-22-23-24-25-26-28-30-36-40-44-51(58)61-47(41-37-33-29-27-12-10-8-6-4-2)42-38-34-31-32-35-39-43-49(56)53-45-50(57)54-48(46-55)52(59)60/h27,29,37,41,47-48,55H,3-26,28,30-36,38-40,42-46H2,1-2H3,(H,53,56)(H,54,57)(H,59,60)/b29-27-,41-37-. The molecule has 9 nitrogen and oxygen atoms in total. The number of hydrogen-bond donors (Lipinski definition) is 4. The van der Waals surface area contributed by atoms with E-state index in [1.54, 1.807) is 0 Å². The van der Waals surface area contributed by atoms with Crippen molar-refractivity contribution in [3.63, 3.8) is 0 Å². The number of hydrogen-bond acceptors (Lipinski definition) is 6. The molecule has 0 bridgehead atoms. The molecule has 9 heteroatoms. The van der Waals surface area contributed by atoms with Gasteiger partial charge in [0.25, 0.3) is 0 Å². The Morgan fingerprint density at radius 3 is 1.39 bits per heavy atom. The van der Waals surface area contributed by atoms with Gasteiger partial charge in [-0.05, 0) is 51.0 Å². The van der Waals surface area contributed by atoms with Crippen molar-refractivity contribution in [2.75, 3.05) is 13.2 Å². The van der Waals surface area contributed by atoms with E-state index in [1.807, 2.05) is 0 Å². The second-order valence-electron chi connectivity index (χ2n) is 17.6. The smallest absolute Gasteiger partial charge is 0.328 e. The number of unbranched alkanes of at least 4 members (excludes halogenated alkanes) is 31. The lowest BCUT2D eigenvalue weighted by Crippen LogP contribution is -2.47. The Kier molecular flexibility index (Phi) is 44.8. The van der Waals surface area contributed by atoms with Crippen LogP contribution in [0.1, 0.15) is 258 Å². The van der Waals surface area contributed by atoms with Crippen molar-refractivity contribution in [3.8, 4) is 0 Å². The third kappa shape index (κ3) is 43.8. The summed E-state index contributed by atoms with van der Waals surface area (Å²) in [6, 6.07) is -1.38. The first kappa shape index (κ1) is 58.3. The van der Waals surface area contributed by atoms with Crippen LogP contribution in [0.3, 0.4) is 0 Å². The molecule has 0 aliphatic rings. The zero-order valence-corrected chi connectivity index (χ0v) is 39.7. The van der Waals surface area contributed by atoms with E-state index in [1.165, 1.54) is 161 Å². The number of carboxylic acids is 1. The highest BCUT2D eigenvalue weighted by Crippen LogP contribution is 2.17. The number of aliphatic hydroxyl groups excluding tert-OH is 1. The number of allylic oxidation sites excluding steroid dienone is 3. The number of amides is 2. The van der Waals surface area contributed by atoms with Gasteiger partial charge in [-0.3, -0.25) is 14.4 Å². The van der Waals surface area contributed by atoms with E-state index >= 15 is 0 Å². The quantitative estimate of drug-likeness (QED) is 0.0271. The third-order valence-electron chi connectivity index (χ3n) is 11.7. The number of carbonyl (C=O) groups excluding carboxylic acids is 3. The van der Waals surface area contributed by atoms with Gasteiger partial charge in [0.1, 0.15) is 12.1 Å². The van der Waals surface area contributed by atoms with Crippen LogP contribution in [0, 0.1) is 0 Å². The van der Waals surface area contributed by atoms with Crippen molar-refractivity contribution >= 4 is 23.8 Å². The van der Waals surface area contributed by atoms with Crippen LogP contribution in [-0.2, 0) is 23.9 Å². The Bertz CT molecular complexity index is 1080. The summed E-state index contributed by atoms with van der Waals surface area (Å²) in [5.41, 5.74) is 0. The van der Waals surface area contributed by atoms with E-state index in [2.05, 4.69) is 48.8 Å². The Morgan fingerprint density at radius 2 is 0.934 bits per heavy atom. The highest BCUT2D eigenvalue weighted by molar-refractivity contribution is 5.87. The van der Waals surface area contributed by atoms with Crippen LogP contribution in [0.25, 0.3) is 0 Å². The van der Waals surface area contributed by atoms with Crippen LogP contribution < -0.4 is 10.6 Å². The number of rotatable bonds is 47. The van der Waals surface area contributed by atoms with Gasteiger partial charge in [-0.1, -0.05) is 218 Å². The van der Waals surface area contributed by atoms with Crippen LogP contribution in [0.4, 0.5) is 0 Å². The zero-order valence-electron chi connectivity index (χ0n) is 39.7. The largest absolute Gasteiger partial charge is 0.480 e. The lowest BCUT2D eigenvalue weighted by Gasteiger charge is -2.15. The first-order chi connectivity index (χ1) is 29.8. The van der Waals surface area contributed by atoms with Crippen LogP contribution in [0.2, 0.25) is 0 Å². The van der Waals surface area contributed by atoms with E-state index in [9.17, 15) is 19.2 Å². The highest BCUT2D eigenvalue weighted by atomic mass is 16.5. The van der Waals surface area contributed by atoms with E-state index in [-0.39, 0.29) is 24.5 Å². The van der Waals surface area contributed by atoms with E-state index in [4.69, 9.17) is 14.9 Å². The molecule has 4 N–H and O–H groups in total. The first-order valence-electron chi connectivity index (χ1n) is 25.7. The molecular formula is C52H96N2O7. The fraction of sp³-hybridized carbons (Fsp3) is 0.846. The lowest BCUT2D eigenvalue weighted by atomic mass is 10.0. The average Bonchev–Trinajstić information content (AvgIpc) is 3.25. The lowest BCUT2D eigenvalue weighted by molar-refractivity contribution is -0.147. The summed E-state index contributed by atoms with van der Waals surface area (Å²) in [5.74, 6) is -2.33. The number of esters is 1. The molecule has 2 amide bonds. The third-order valence-corrected chi connectivity index (χ3v) is 11.7. The summed E-state index contributed by atoms with van der Waals surface area (Å²) < 4.78 is 5.96. The number of carbonyl (C=O) groups is 4. The number of aliphatic hydroxyl groups is 1. The molecule has 0 aromatic heterocycles. The molecule has 0 aromatic carbocycles. The topological polar surface area (TPSA) is 142 Å². The normalized spacial score (nSPS) is 12.6. The molecule has 0 fully saturated rings. The molecule has 0 aromatic rings. The minimum absolute atomic E-state index is 0.0875. The van der Waals surface area contributed by atoms with E-state index in [0.717, 1.165) is 64.2 Å². The van der Waals surface area contributed by atoms with E-state index < -0.39 is 24.5 Å². The number of ether oxygens (including phenoxy) is 1. The molecule has 0 saturated heterocycles. The molecule has 0 spiro atoms. The minimum Gasteiger partial charge on any atom is -0.480 e. The predicted molar refractivity (Wildman–Crippen MR) is 255 cm³/mol. The number of nitrogens with one attached hydrogen (secondary N) is 2. The average molecular weight is 861 g/mol.